The van der Waals surface area contributed by atoms with Crippen molar-refractivity contribution in [1.82, 2.24) is 15.2 Å². The molecule has 0 unspecified atom stereocenters. The highest BCUT2D eigenvalue weighted by molar-refractivity contribution is 6.22. The number of benzene rings is 3. The highest BCUT2D eigenvalue weighted by atomic mass is 35.5. The standard InChI is InChI=1S/C34H28ClFN4O3/c35-25-17-40(18-25)34(42)21-3-1-19(2-4-21)23-11-24-12-27(43-32(24)29(13-23)20-5-8-26(36)9-6-20)16-39-33(41)30-14-28(30)22-7-10-31(37)38-15-22/h1-13,15,25,28,30H,14,16-18H2,(H2,37,38)(H,39,41)/t28-,30+/m1/s1. The van der Waals surface area contributed by atoms with Crippen molar-refractivity contribution in [2.75, 3.05) is 18.8 Å². The third-order valence-electron chi connectivity index (χ3n) is 8.21. The molecular weight excluding hydrogens is 567 g/mol. The molecule has 43 heavy (non-hydrogen) atoms. The molecule has 0 bridgehead atoms. The number of amides is 2. The maximum atomic E-state index is 13.8. The number of hydrogen-bond donors (Lipinski definition) is 2. The number of nitrogens with zero attached hydrogens (tertiary/aromatic N) is 2. The van der Waals surface area contributed by atoms with Crippen LogP contribution in [-0.2, 0) is 11.3 Å². The van der Waals surface area contributed by atoms with Gasteiger partial charge in [-0.2, -0.15) is 0 Å². The van der Waals surface area contributed by atoms with Crippen LogP contribution in [0.4, 0.5) is 10.2 Å². The highest BCUT2D eigenvalue weighted by Crippen LogP contribution is 2.47. The number of carbonyl (C=O) groups excluding carboxylic acids is 2. The maximum Gasteiger partial charge on any atom is 0.253 e. The minimum Gasteiger partial charge on any atom is -0.459 e. The lowest BCUT2D eigenvalue weighted by Crippen LogP contribution is -2.50. The summed E-state index contributed by atoms with van der Waals surface area (Å²) in [7, 11) is 0. The summed E-state index contributed by atoms with van der Waals surface area (Å²) in [6.07, 6.45) is 2.50. The second-order valence-corrected chi connectivity index (χ2v) is 11.8. The Hall–Kier alpha value is -4.69. The maximum absolute atomic E-state index is 13.8. The number of anilines is 1. The third-order valence-corrected chi connectivity index (χ3v) is 8.49. The van der Waals surface area contributed by atoms with Gasteiger partial charge < -0.3 is 20.4 Å². The van der Waals surface area contributed by atoms with E-state index in [1.807, 2.05) is 48.5 Å². The van der Waals surface area contributed by atoms with Crippen molar-refractivity contribution in [3.63, 3.8) is 0 Å². The van der Waals surface area contributed by atoms with Gasteiger partial charge in [0.25, 0.3) is 5.91 Å². The van der Waals surface area contributed by atoms with Crippen molar-refractivity contribution in [3.05, 3.63) is 108 Å². The van der Waals surface area contributed by atoms with Crippen LogP contribution < -0.4 is 11.1 Å². The third kappa shape index (κ3) is 5.46. The zero-order valence-electron chi connectivity index (χ0n) is 23.1. The number of aromatic nitrogens is 1. The molecule has 1 aliphatic carbocycles. The molecule has 1 saturated heterocycles. The first-order valence-electron chi connectivity index (χ1n) is 14.2. The summed E-state index contributed by atoms with van der Waals surface area (Å²) in [5.74, 6) is 0.715. The van der Waals surface area contributed by atoms with Crippen molar-refractivity contribution in [2.45, 2.75) is 24.3 Å². The summed E-state index contributed by atoms with van der Waals surface area (Å²) in [5.41, 5.74) is 11.4. The number of likely N-dealkylation sites (tertiary alicyclic amines) is 1. The first-order chi connectivity index (χ1) is 20.8. The zero-order valence-corrected chi connectivity index (χ0v) is 23.9. The summed E-state index contributed by atoms with van der Waals surface area (Å²) >= 11 is 6.04. The first kappa shape index (κ1) is 27.2. The normalized spacial score (nSPS) is 18.0. The number of carbonyl (C=O) groups is 2. The molecule has 9 heteroatoms. The number of nitrogens with one attached hydrogen (secondary N) is 1. The molecule has 1 aliphatic heterocycles. The fourth-order valence-electron chi connectivity index (χ4n) is 5.68. The molecule has 3 N–H and O–H groups in total. The molecule has 1 saturated carbocycles. The number of hydrogen-bond acceptors (Lipinski definition) is 5. The minimum atomic E-state index is -0.324. The van der Waals surface area contributed by atoms with E-state index in [-0.39, 0.29) is 41.4 Å². The quantitative estimate of drug-likeness (QED) is 0.213. The lowest BCUT2D eigenvalue weighted by molar-refractivity contribution is -0.122. The number of rotatable bonds is 7. The van der Waals surface area contributed by atoms with Crippen LogP contribution in [0.25, 0.3) is 33.2 Å². The number of pyridine rings is 1. The van der Waals surface area contributed by atoms with Crippen LogP contribution in [0.1, 0.15) is 34.0 Å². The molecule has 0 radical (unpaired) electrons. The van der Waals surface area contributed by atoms with Crippen molar-refractivity contribution in [1.29, 1.82) is 0 Å². The van der Waals surface area contributed by atoms with E-state index in [0.29, 0.717) is 35.8 Å². The number of furan rings is 1. The van der Waals surface area contributed by atoms with Gasteiger partial charge in [-0.3, -0.25) is 9.59 Å². The highest BCUT2D eigenvalue weighted by Gasteiger charge is 2.44. The molecule has 0 spiro atoms. The van der Waals surface area contributed by atoms with Crippen LogP contribution in [0.5, 0.6) is 0 Å². The summed E-state index contributed by atoms with van der Waals surface area (Å²) in [6.45, 7) is 1.36. The second kappa shape index (κ2) is 10.9. The van der Waals surface area contributed by atoms with Gasteiger partial charge in [-0.15, -0.1) is 11.6 Å². The van der Waals surface area contributed by atoms with Gasteiger partial charge in [-0.05, 0) is 83.1 Å². The molecule has 5 aromatic rings. The van der Waals surface area contributed by atoms with Crippen molar-refractivity contribution in [3.8, 4) is 22.3 Å². The van der Waals surface area contributed by atoms with E-state index >= 15 is 0 Å². The van der Waals surface area contributed by atoms with E-state index in [4.69, 9.17) is 21.8 Å². The predicted octanol–water partition coefficient (Wildman–Crippen LogP) is 6.37. The van der Waals surface area contributed by atoms with Gasteiger partial charge in [0.05, 0.1) is 11.9 Å². The number of alkyl halides is 1. The smallest absolute Gasteiger partial charge is 0.253 e. The van der Waals surface area contributed by atoms with Crippen LogP contribution in [0.15, 0.2) is 89.5 Å². The van der Waals surface area contributed by atoms with Gasteiger partial charge in [0.15, 0.2) is 0 Å². The zero-order chi connectivity index (χ0) is 29.7. The Morgan fingerprint density at radius 2 is 1.72 bits per heavy atom. The summed E-state index contributed by atoms with van der Waals surface area (Å²) < 4.78 is 20.0. The van der Waals surface area contributed by atoms with Gasteiger partial charge in [0.1, 0.15) is 23.0 Å². The van der Waals surface area contributed by atoms with E-state index in [0.717, 1.165) is 39.6 Å². The van der Waals surface area contributed by atoms with Gasteiger partial charge in [0.2, 0.25) is 5.91 Å². The van der Waals surface area contributed by atoms with E-state index in [2.05, 4.69) is 10.3 Å². The molecule has 7 rings (SSSR count). The van der Waals surface area contributed by atoms with Crippen LogP contribution in [0.2, 0.25) is 0 Å². The van der Waals surface area contributed by atoms with Crippen LogP contribution >= 0.6 is 11.6 Å². The molecule has 7 nitrogen and oxygen atoms in total. The average Bonchev–Trinajstić information content (AvgIpc) is 3.70. The molecule has 2 atom stereocenters. The Morgan fingerprint density at radius 1 is 0.977 bits per heavy atom. The Bertz CT molecular complexity index is 1830. The van der Waals surface area contributed by atoms with Crippen molar-refractivity contribution < 1.29 is 18.4 Å². The molecular formula is C34H28ClFN4O3. The van der Waals surface area contributed by atoms with Crippen LogP contribution in [-0.4, -0.2) is 40.2 Å². The Morgan fingerprint density at radius 3 is 2.42 bits per heavy atom. The molecule has 2 fully saturated rings. The topological polar surface area (TPSA) is 101 Å². The van der Waals surface area contributed by atoms with Crippen molar-refractivity contribution in [2.24, 2.45) is 5.92 Å². The van der Waals surface area contributed by atoms with Crippen LogP contribution in [0, 0.1) is 11.7 Å². The molecule has 2 aromatic heterocycles. The lowest BCUT2D eigenvalue weighted by atomic mass is 9.96. The van der Waals surface area contributed by atoms with E-state index < -0.39 is 0 Å². The number of halogens is 2. The monoisotopic (exact) mass is 594 g/mol. The van der Waals surface area contributed by atoms with E-state index in [1.165, 1.54) is 12.1 Å². The Balaban J connectivity index is 1.14. The Kier molecular flexibility index (Phi) is 6.86. The fraction of sp³-hybridized carbons (Fsp3) is 0.206. The summed E-state index contributed by atoms with van der Waals surface area (Å²) in [6, 6.07) is 23.4. The lowest BCUT2D eigenvalue weighted by Gasteiger charge is -2.35. The van der Waals surface area contributed by atoms with Gasteiger partial charge in [0, 0.05) is 41.7 Å². The molecule has 2 aliphatic rings. The summed E-state index contributed by atoms with van der Waals surface area (Å²) in [5, 5.41) is 3.89. The average molecular weight is 595 g/mol. The fourth-order valence-corrected chi connectivity index (χ4v) is 6.01. The number of nitrogens with two attached hydrogens (primary N) is 1. The number of fused-ring (bicyclic) bond motifs is 1. The van der Waals surface area contributed by atoms with Gasteiger partial charge in [-0.25, -0.2) is 9.37 Å². The second-order valence-electron chi connectivity index (χ2n) is 11.2. The van der Waals surface area contributed by atoms with Crippen molar-refractivity contribution >= 4 is 40.2 Å². The molecule has 3 heterocycles. The minimum absolute atomic E-state index is 0.0192. The number of nitrogen functional groups attached to an aromatic ring is 1. The first-order valence-corrected chi connectivity index (χ1v) is 14.6. The van der Waals surface area contributed by atoms with Crippen LogP contribution in [0.3, 0.4) is 0 Å². The van der Waals surface area contributed by atoms with Gasteiger partial charge in [-0.1, -0.05) is 30.3 Å². The molecule has 2 amide bonds. The molecule has 216 valence electrons. The largest absolute Gasteiger partial charge is 0.459 e. The predicted molar refractivity (Wildman–Crippen MR) is 164 cm³/mol. The van der Waals surface area contributed by atoms with E-state index in [1.54, 1.807) is 29.3 Å². The van der Waals surface area contributed by atoms with Gasteiger partial charge >= 0.3 is 0 Å². The molecule has 3 aromatic carbocycles. The summed E-state index contributed by atoms with van der Waals surface area (Å²) in [4.78, 5) is 31.5. The van der Waals surface area contributed by atoms with E-state index in [9.17, 15) is 14.0 Å². The Labute approximate surface area is 252 Å². The SMILES string of the molecule is Nc1ccc([C@H]2C[C@@H]2C(=O)NCc2cc3cc(-c4ccc(C(=O)N5CC(Cl)C5)cc4)cc(-c4ccc(F)cc4)c3o2)cn1.